The fraction of sp³-hybridized carbons (Fsp3) is 0.333. The van der Waals surface area contributed by atoms with Gasteiger partial charge < -0.3 is 9.46 Å². The van der Waals surface area contributed by atoms with Crippen LogP contribution in [0.1, 0.15) is 93.1 Å². The number of hydrogen-bond donors (Lipinski definition) is 1. The van der Waals surface area contributed by atoms with E-state index >= 15 is 0 Å². The Labute approximate surface area is 225 Å². The van der Waals surface area contributed by atoms with Crippen LogP contribution in [0.4, 0.5) is 0 Å². The van der Waals surface area contributed by atoms with Gasteiger partial charge in [-0.05, 0) is 49.7 Å². The minimum Gasteiger partial charge on any atom is -0.386 e. The van der Waals surface area contributed by atoms with E-state index in [-0.39, 0.29) is 11.6 Å². The Morgan fingerprint density at radius 3 is 1.87 bits per heavy atom. The Balaban J connectivity index is 1.35. The van der Waals surface area contributed by atoms with Crippen molar-refractivity contribution in [2.45, 2.75) is 70.4 Å². The molecule has 0 atom stereocenters. The molecule has 2 fully saturated rings. The third kappa shape index (κ3) is 4.71. The number of benzene rings is 2. The monoisotopic (exact) mass is 502 g/mol. The van der Waals surface area contributed by atoms with E-state index < -0.39 is 0 Å². The summed E-state index contributed by atoms with van der Waals surface area (Å²) >= 11 is 0. The first kappa shape index (κ1) is 24.7. The molecule has 2 aromatic carbocycles. The zero-order valence-corrected chi connectivity index (χ0v) is 22.4. The molecule has 0 radical (unpaired) electrons. The smallest absolute Gasteiger partial charge is 0.266 e. The van der Waals surface area contributed by atoms with Crippen molar-refractivity contribution in [1.82, 2.24) is 9.46 Å². The second-order valence-electron chi connectivity index (χ2n) is 11.4. The molecule has 4 nitrogen and oxygen atoms in total. The number of fused-ring (bicyclic) bond motifs is 2. The van der Waals surface area contributed by atoms with Gasteiger partial charge in [0.2, 0.25) is 11.6 Å². The van der Waals surface area contributed by atoms with Gasteiger partial charge in [-0.15, -0.1) is 0 Å². The average Bonchev–Trinajstić information content (AvgIpc) is 3.56. The summed E-state index contributed by atoms with van der Waals surface area (Å²) in [6, 6.07) is 23.7. The Morgan fingerprint density at radius 1 is 0.737 bits per heavy atom. The van der Waals surface area contributed by atoms with Crippen molar-refractivity contribution in [3.63, 3.8) is 0 Å². The van der Waals surface area contributed by atoms with Crippen molar-refractivity contribution >= 4 is 18.4 Å². The minimum absolute atomic E-state index is 0.00341. The summed E-state index contributed by atoms with van der Waals surface area (Å²) in [4.78, 5) is 30.3. The number of carbonyl (C=O) groups excluding carboxylic acids is 2. The van der Waals surface area contributed by atoms with Gasteiger partial charge in [0.15, 0.2) is 0 Å². The number of aromatic amines is 1. The number of hydrogen-bond acceptors (Lipinski definition) is 2. The average molecular weight is 502 g/mol. The van der Waals surface area contributed by atoms with Gasteiger partial charge in [-0.3, -0.25) is 9.59 Å². The maximum absolute atomic E-state index is 13.8. The quantitative estimate of drug-likeness (QED) is 0.211. The van der Waals surface area contributed by atoms with Crippen LogP contribution < -0.4 is 0 Å². The van der Waals surface area contributed by atoms with Gasteiger partial charge in [0.25, 0.3) is 6.85 Å². The molecular weight excluding hydrogens is 467 g/mol. The molecule has 0 amide bonds. The van der Waals surface area contributed by atoms with Crippen LogP contribution in [-0.4, -0.2) is 27.9 Å². The fourth-order valence-electron chi connectivity index (χ4n) is 6.82. The zero-order chi connectivity index (χ0) is 26.2. The van der Waals surface area contributed by atoms with E-state index in [0.717, 1.165) is 33.8 Å². The molecule has 4 heterocycles. The second kappa shape index (κ2) is 10.3. The Hall–Kier alpha value is -3.60. The lowest BCUT2D eigenvalue weighted by Gasteiger charge is -2.42. The molecule has 0 aliphatic carbocycles. The lowest BCUT2D eigenvalue weighted by molar-refractivity contribution is 0.102. The first-order valence-electron chi connectivity index (χ1n) is 14.1. The largest absolute Gasteiger partial charge is 0.386 e. The fourth-order valence-corrected chi connectivity index (χ4v) is 6.82. The highest BCUT2D eigenvalue weighted by molar-refractivity contribution is 6.61. The van der Waals surface area contributed by atoms with Gasteiger partial charge in [0, 0.05) is 28.9 Å². The van der Waals surface area contributed by atoms with Crippen molar-refractivity contribution < 1.29 is 9.59 Å². The molecule has 4 aromatic rings. The molecule has 5 heteroatoms. The zero-order valence-electron chi connectivity index (χ0n) is 22.4. The molecule has 6 rings (SSSR count). The van der Waals surface area contributed by atoms with Gasteiger partial charge in [0.1, 0.15) is 0 Å². The topological polar surface area (TPSA) is 54.9 Å². The molecule has 192 valence electrons. The number of H-pyrrole nitrogens is 1. The first-order chi connectivity index (χ1) is 18.5. The summed E-state index contributed by atoms with van der Waals surface area (Å²) in [5.74, 6) is 1.35. The number of aryl methyl sites for hydroxylation is 2. The Bertz CT molecular complexity index is 1440. The Morgan fingerprint density at radius 2 is 1.29 bits per heavy atom. The first-order valence-corrected chi connectivity index (χ1v) is 14.1. The van der Waals surface area contributed by atoms with Gasteiger partial charge in [0.05, 0.1) is 11.4 Å². The van der Waals surface area contributed by atoms with E-state index in [1.807, 2.05) is 80.6 Å². The summed E-state index contributed by atoms with van der Waals surface area (Å²) < 4.78 is 2.40. The maximum atomic E-state index is 13.8. The summed E-state index contributed by atoms with van der Waals surface area (Å²) in [5.41, 5.74) is 7.28. The van der Waals surface area contributed by atoms with Crippen molar-refractivity contribution in [3.8, 4) is 0 Å². The standard InChI is InChI=1S/C33H35BN2O2/c1-22-9-13-24(14-10-22)32(37)30-19-17-28(35-30)21-29-18-20-31(33(38)25-15-11-23(2)12-16-25)36(29)34-26-5-3-6-27(34)8-4-7-26/h9-20,26-27,35H,3-8,21H2,1-2H3. The normalized spacial score (nSPS) is 18.9. The summed E-state index contributed by atoms with van der Waals surface area (Å²) in [7, 11) is 0. The summed E-state index contributed by atoms with van der Waals surface area (Å²) in [6.07, 6.45) is 8.24. The number of rotatable bonds is 7. The predicted molar refractivity (Wildman–Crippen MR) is 154 cm³/mol. The highest BCUT2D eigenvalue weighted by Gasteiger charge is 2.43. The summed E-state index contributed by atoms with van der Waals surface area (Å²) in [5, 5.41) is 0. The third-order valence-corrected chi connectivity index (χ3v) is 8.79. The van der Waals surface area contributed by atoms with Crippen LogP contribution in [0.5, 0.6) is 0 Å². The van der Waals surface area contributed by atoms with Crippen LogP contribution in [-0.2, 0) is 6.42 Å². The van der Waals surface area contributed by atoms with Gasteiger partial charge >= 0.3 is 0 Å². The van der Waals surface area contributed by atoms with E-state index in [9.17, 15) is 9.59 Å². The van der Waals surface area contributed by atoms with E-state index in [2.05, 4.69) is 15.5 Å². The maximum Gasteiger partial charge on any atom is 0.266 e. The number of aromatic nitrogens is 2. The number of carbonyl (C=O) groups is 2. The van der Waals surface area contributed by atoms with Crippen LogP contribution in [0.3, 0.4) is 0 Å². The van der Waals surface area contributed by atoms with Crippen molar-refractivity contribution in [2.24, 2.45) is 0 Å². The predicted octanol–water partition coefficient (Wildman–Crippen LogP) is 7.43. The number of nitrogens with zero attached hydrogens (tertiary/aromatic N) is 1. The lowest BCUT2D eigenvalue weighted by atomic mass is 9.34. The number of ketones is 2. The minimum atomic E-state index is 0.00341. The number of nitrogens with one attached hydrogen (secondary N) is 1. The molecule has 0 saturated carbocycles. The van der Waals surface area contributed by atoms with Crippen LogP contribution in [0.15, 0.2) is 72.8 Å². The van der Waals surface area contributed by atoms with E-state index in [1.54, 1.807) is 0 Å². The molecule has 0 unspecified atom stereocenters. The van der Waals surface area contributed by atoms with Crippen LogP contribution in [0, 0.1) is 13.8 Å². The van der Waals surface area contributed by atoms with Crippen LogP contribution in [0.2, 0.25) is 11.6 Å². The van der Waals surface area contributed by atoms with Gasteiger partial charge in [-0.25, -0.2) is 0 Å². The van der Waals surface area contributed by atoms with E-state index in [1.165, 1.54) is 38.5 Å². The SMILES string of the molecule is Cc1ccc(C(=O)c2ccc(Cc3ccc(C(=O)c4ccc(C)cc4)n3B3C4CCCC3CCC4)[nH]2)cc1. The molecule has 1 N–H and O–H groups in total. The molecule has 2 saturated heterocycles. The molecule has 2 aromatic heterocycles. The molecular formula is C33H35BN2O2. The van der Waals surface area contributed by atoms with Crippen molar-refractivity contribution in [1.29, 1.82) is 0 Å². The molecule has 2 aliphatic heterocycles. The third-order valence-electron chi connectivity index (χ3n) is 8.79. The van der Waals surface area contributed by atoms with Gasteiger partial charge in [-0.2, -0.15) is 0 Å². The van der Waals surface area contributed by atoms with Crippen LogP contribution >= 0.6 is 0 Å². The Kier molecular flexibility index (Phi) is 6.69. The molecule has 0 spiro atoms. The van der Waals surface area contributed by atoms with Crippen molar-refractivity contribution in [2.75, 3.05) is 0 Å². The van der Waals surface area contributed by atoms with E-state index in [0.29, 0.717) is 36.2 Å². The highest BCUT2D eigenvalue weighted by Crippen LogP contribution is 2.47. The summed E-state index contributed by atoms with van der Waals surface area (Å²) in [6.45, 7) is 4.44. The van der Waals surface area contributed by atoms with Crippen molar-refractivity contribution in [3.05, 3.63) is 118 Å². The second-order valence-corrected chi connectivity index (χ2v) is 11.4. The van der Waals surface area contributed by atoms with E-state index in [4.69, 9.17) is 0 Å². The lowest BCUT2D eigenvalue weighted by Crippen LogP contribution is -2.43. The highest BCUT2D eigenvalue weighted by atomic mass is 16.1. The van der Waals surface area contributed by atoms with Crippen LogP contribution in [0.25, 0.3) is 0 Å². The molecule has 38 heavy (non-hydrogen) atoms. The molecule has 2 bridgehead atoms. The van der Waals surface area contributed by atoms with Gasteiger partial charge in [-0.1, -0.05) is 98.2 Å². The molecule has 2 aliphatic rings.